The Morgan fingerprint density at radius 3 is 2.56 bits per heavy atom. The molecule has 0 radical (unpaired) electrons. The highest BCUT2D eigenvalue weighted by Gasteiger charge is 2.17. The van der Waals surface area contributed by atoms with Crippen molar-refractivity contribution in [3.8, 4) is 0 Å². The first-order chi connectivity index (χ1) is 13.1. The van der Waals surface area contributed by atoms with Crippen LogP contribution in [0.5, 0.6) is 0 Å². The standard InChI is InChI=1S/C21H20N4O2/c1-3-11-24-17-9-4-5-10-18(17)25-19(21(24)27)13-16(23-25)20(26)22-15-8-6-7-14(2)12-15/h4-10,12-13H,3,11H2,1-2H3,(H,22,26). The summed E-state index contributed by atoms with van der Waals surface area (Å²) in [6.45, 7) is 4.61. The number of para-hydroxylation sites is 2. The van der Waals surface area contributed by atoms with E-state index in [4.69, 9.17) is 0 Å². The van der Waals surface area contributed by atoms with Gasteiger partial charge in [0.2, 0.25) is 0 Å². The van der Waals surface area contributed by atoms with E-state index in [2.05, 4.69) is 10.4 Å². The topological polar surface area (TPSA) is 68.4 Å². The Balaban J connectivity index is 1.84. The Morgan fingerprint density at radius 1 is 1.04 bits per heavy atom. The number of amides is 1. The van der Waals surface area contributed by atoms with E-state index in [9.17, 15) is 9.59 Å². The summed E-state index contributed by atoms with van der Waals surface area (Å²) in [5.41, 5.74) is 3.84. The molecule has 2 heterocycles. The molecular formula is C21H20N4O2. The van der Waals surface area contributed by atoms with Gasteiger partial charge in [-0.05, 0) is 43.2 Å². The van der Waals surface area contributed by atoms with Gasteiger partial charge in [-0.3, -0.25) is 9.59 Å². The average Bonchev–Trinajstić information content (AvgIpc) is 3.11. The van der Waals surface area contributed by atoms with E-state index in [1.807, 2.05) is 62.4 Å². The molecule has 27 heavy (non-hydrogen) atoms. The molecule has 0 atom stereocenters. The van der Waals surface area contributed by atoms with Crippen LogP contribution in [0.25, 0.3) is 16.6 Å². The first-order valence-electron chi connectivity index (χ1n) is 8.98. The lowest BCUT2D eigenvalue weighted by atomic mass is 10.2. The summed E-state index contributed by atoms with van der Waals surface area (Å²) in [6, 6.07) is 16.7. The van der Waals surface area contributed by atoms with Gasteiger partial charge in [0.1, 0.15) is 5.52 Å². The number of nitrogens with one attached hydrogen (secondary N) is 1. The van der Waals surface area contributed by atoms with E-state index in [1.54, 1.807) is 15.1 Å². The van der Waals surface area contributed by atoms with E-state index >= 15 is 0 Å². The first-order valence-corrected chi connectivity index (χ1v) is 8.98. The summed E-state index contributed by atoms with van der Waals surface area (Å²) < 4.78 is 3.31. The third-order valence-electron chi connectivity index (χ3n) is 4.53. The van der Waals surface area contributed by atoms with Crippen molar-refractivity contribution in [1.29, 1.82) is 0 Å². The van der Waals surface area contributed by atoms with Gasteiger partial charge in [0.15, 0.2) is 5.69 Å². The second-order valence-corrected chi connectivity index (χ2v) is 6.60. The smallest absolute Gasteiger partial charge is 0.277 e. The molecule has 0 aliphatic rings. The summed E-state index contributed by atoms with van der Waals surface area (Å²) >= 11 is 0. The van der Waals surface area contributed by atoms with Gasteiger partial charge < -0.3 is 9.88 Å². The average molecular weight is 360 g/mol. The number of fused-ring (bicyclic) bond motifs is 3. The second-order valence-electron chi connectivity index (χ2n) is 6.60. The van der Waals surface area contributed by atoms with Gasteiger partial charge in [-0.2, -0.15) is 5.10 Å². The number of anilines is 1. The SMILES string of the molecule is CCCn1c(=O)c2cc(C(=O)Nc3cccc(C)c3)nn2c2ccccc21. The number of nitrogens with zero attached hydrogens (tertiary/aromatic N) is 3. The predicted molar refractivity (Wildman–Crippen MR) is 106 cm³/mol. The number of aryl methyl sites for hydroxylation is 2. The molecule has 0 fully saturated rings. The van der Waals surface area contributed by atoms with E-state index in [0.29, 0.717) is 17.7 Å². The number of carbonyl (C=O) groups excluding carboxylic acids is 1. The van der Waals surface area contributed by atoms with Gasteiger partial charge in [-0.15, -0.1) is 0 Å². The van der Waals surface area contributed by atoms with Crippen LogP contribution >= 0.6 is 0 Å². The van der Waals surface area contributed by atoms with Crippen molar-refractivity contribution in [2.45, 2.75) is 26.8 Å². The highest BCUT2D eigenvalue weighted by atomic mass is 16.2. The zero-order valence-corrected chi connectivity index (χ0v) is 15.3. The second kappa shape index (κ2) is 6.72. The molecule has 0 aliphatic heterocycles. The van der Waals surface area contributed by atoms with Crippen LogP contribution in [-0.4, -0.2) is 20.1 Å². The van der Waals surface area contributed by atoms with Crippen molar-refractivity contribution in [2.24, 2.45) is 0 Å². The fourth-order valence-electron chi connectivity index (χ4n) is 3.31. The lowest BCUT2D eigenvalue weighted by Gasteiger charge is -2.10. The normalized spacial score (nSPS) is 11.2. The molecule has 2 aromatic carbocycles. The summed E-state index contributed by atoms with van der Waals surface area (Å²) in [7, 11) is 0. The van der Waals surface area contributed by atoms with Gasteiger partial charge in [-0.1, -0.05) is 31.2 Å². The maximum atomic E-state index is 12.9. The van der Waals surface area contributed by atoms with Crippen molar-refractivity contribution >= 4 is 28.1 Å². The van der Waals surface area contributed by atoms with Crippen molar-refractivity contribution < 1.29 is 4.79 Å². The zero-order valence-electron chi connectivity index (χ0n) is 15.3. The largest absolute Gasteiger partial charge is 0.321 e. The van der Waals surface area contributed by atoms with Gasteiger partial charge in [0, 0.05) is 18.3 Å². The molecule has 4 rings (SSSR count). The van der Waals surface area contributed by atoms with Gasteiger partial charge >= 0.3 is 0 Å². The van der Waals surface area contributed by atoms with Crippen LogP contribution in [0.1, 0.15) is 29.4 Å². The van der Waals surface area contributed by atoms with E-state index in [1.165, 1.54) is 0 Å². The minimum Gasteiger partial charge on any atom is -0.321 e. The predicted octanol–water partition coefficient (Wildman–Crippen LogP) is 3.62. The Labute approximate surface area is 156 Å². The molecule has 0 saturated carbocycles. The van der Waals surface area contributed by atoms with Gasteiger partial charge in [0.05, 0.1) is 11.0 Å². The molecule has 0 unspecified atom stereocenters. The van der Waals surface area contributed by atoms with Crippen LogP contribution in [0, 0.1) is 6.92 Å². The Hall–Kier alpha value is -3.41. The summed E-state index contributed by atoms with van der Waals surface area (Å²) in [5, 5.41) is 7.26. The number of carbonyl (C=O) groups is 1. The van der Waals surface area contributed by atoms with Crippen LogP contribution in [0.3, 0.4) is 0 Å². The minimum absolute atomic E-state index is 0.141. The number of hydrogen-bond acceptors (Lipinski definition) is 3. The third-order valence-corrected chi connectivity index (χ3v) is 4.53. The van der Waals surface area contributed by atoms with Crippen LogP contribution < -0.4 is 10.9 Å². The molecule has 4 aromatic rings. The van der Waals surface area contributed by atoms with Gasteiger partial charge in [0.25, 0.3) is 11.5 Å². The Bertz CT molecular complexity index is 1220. The van der Waals surface area contributed by atoms with Gasteiger partial charge in [-0.25, -0.2) is 4.52 Å². The molecule has 0 bridgehead atoms. The summed E-state index contributed by atoms with van der Waals surface area (Å²) in [5.74, 6) is -0.338. The van der Waals surface area contributed by atoms with E-state index < -0.39 is 0 Å². The van der Waals surface area contributed by atoms with E-state index in [0.717, 1.165) is 23.0 Å². The fraction of sp³-hybridized carbons (Fsp3) is 0.190. The molecule has 6 nitrogen and oxygen atoms in total. The highest BCUT2D eigenvalue weighted by Crippen LogP contribution is 2.17. The maximum Gasteiger partial charge on any atom is 0.277 e. The molecule has 136 valence electrons. The van der Waals surface area contributed by atoms with Crippen LogP contribution in [0.15, 0.2) is 59.4 Å². The third kappa shape index (κ3) is 2.99. The molecule has 1 N–H and O–H groups in total. The molecular weight excluding hydrogens is 340 g/mol. The molecule has 0 saturated heterocycles. The Morgan fingerprint density at radius 2 is 1.81 bits per heavy atom. The van der Waals surface area contributed by atoms with Crippen LogP contribution in [0.2, 0.25) is 0 Å². The molecule has 2 aromatic heterocycles. The Kier molecular flexibility index (Phi) is 4.24. The molecule has 6 heteroatoms. The summed E-state index contributed by atoms with van der Waals surface area (Å²) in [6.07, 6.45) is 0.842. The number of benzene rings is 2. The molecule has 0 aliphatic carbocycles. The van der Waals surface area contributed by atoms with E-state index in [-0.39, 0.29) is 17.2 Å². The lowest BCUT2D eigenvalue weighted by molar-refractivity contribution is 0.102. The molecule has 0 spiro atoms. The van der Waals surface area contributed by atoms with Crippen molar-refractivity contribution in [3.05, 3.63) is 76.2 Å². The molecule has 1 amide bonds. The van der Waals surface area contributed by atoms with Crippen LogP contribution in [0.4, 0.5) is 5.69 Å². The first kappa shape index (κ1) is 17.0. The quantitative estimate of drug-likeness (QED) is 0.604. The highest BCUT2D eigenvalue weighted by molar-refractivity contribution is 6.03. The minimum atomic E-state index is -0.338. The van der Waals surface area contributed by atoms with Crippen molar-refractivity contribution in [1.82, 2.24) is 14.2 Å². The lowest BCUT2D eigenvalue weighted by Crippen LogP contribution is -2.22. The number of hydrogen-bond donors (Lipinski definition) is 1. The van der Waals surface area contributed by atoms with Crippen LogP contribution in [-0.2, 0) is 6.54 Å². The monoisotopic (exact) mass is 360 g/mol. The zero-order chi connectivity index (χ0) is 19.0. The maximum absolute atomic E-state index is 12.9. The number of aromatic nitrogens is 3. The summed E-state index contributed by atoms with van der Waals surface area (Å²) in [4.78, 5) is 25.6. The van der Waals surface area contributed by atoms with Crippen molar-refractivity contribution in [2.75, 3.05) is 5.32 Å². The fourth-order valence-corrected chi connectivity index (χ4v) is 3.31. The number of rotatable bonds is 4. The van der Waals surface area contributed by atoms with Crippen molar-refractivity contribution in [3.63, 3.8) is 0 Å².